The Morgan fingerprint density at radius 2 is 1.69 bits per heavy atom. The van der Waals surface area contributed by atoms with Gasteiger partial charge in [0.05, 0.1) is 13.5 Å². The normalized spacial score (nSPS) is 10.8. The van der Waals surface area contributed by atoms with E-state index in [0.29, 0.717) is 6.54 Å². The van der Waals surface area contributed by atoms with Crippen LogP contribution in [0.2, 0.25) is 0 Å². The van der Waals surface area contributed by atoms with Crippen molar-refractivity contribution in [2.45, 2.75) is 19.6 Å². The highest BCUT2D eigenvalue weighted by Crippen LogP contribution is 2.29. The van der Waals surface area contributed by atoms with E-state index in [-0.39, 0.29) is 23.8 Å². The average Bonchev–Trinajstić information content (AvgIpc) is 3.24. The summed E-state index contributed by atoms with van der Waals surface area (Å²) in [6.45, 7) is -2.60. The summed E-state index contributed by atoms with van der Waals surface area (Å²) < 4.78 is 36.4. The summed E-state index contributed by atoms with van der Waals surface area (Å²) in [6, 6.07) is 16.3. The van der Waals surface area contributed by atoms with Gasteiger partial charge in [-0.3, -0.25) is 4.79 Å². The molecule has 0 bridgehead atoms. The Labute approximate surface area is 168 Å². The van der Waals surface area contributed by atoms with Gasteiger partial charge in [-0.2, -0.15) is 8.78 Å². The molecule has 3 rings (SSSR count). The molecular formula is C22H22F2N2O3. The Morgan fingerprint density at radius 3 is 2.31 bits per heavy atom. The van der Waals surface area contributed by atoms with Gasteiger partial charge >= 0.3 is 6.61 Å². The van der Waals surface area contributed by atoms with Crippen molar-refractivity contribution in [3.63, 3.8) is 0 Å². The van der Waals surface area contributed by atoms with Crippen LogP contribution in [0.5, 0.6) is 11.5 Å². The van der Waals surface area contributed by atoms with Gasteiger partial charge < -0.3 is 18.9 Å². The highest BCUT2D eigenvalue weighted by molar-refractivity contribution is 5.78. The number of amides is 1. The van der Waals surface area contributed by atoms with Crippen molar-refractivity contribution < 1.29 is 23.0 Å². The molecule has 3 aromatic rings. The van der Waals surface area contributed by atoms with E-state index in [2.05, 4.69) is 4.74 Å². The van der Waals surface area contributed by atoms with Crippen molar-refractivity contribution >= 4 is 5.91 Å². The number of hydrogen-bond donors (Lipinski definition) is 0. The van der Waals surface area contributed by atoms with E-state index in [1.54, 1.807) is 24.1 Å². The zero-order chi connectivity index (χ0) is 20.8. The Bertz CT molecular complexity index is 941. The molecule has 0 aliphatic rings. The molecule has 0 fully saturated rings. The second-order valence-corrected chi connectivity index (χ2v) is 6.55. The Kier molecular flexibility index (Phi) is 6.49. The second-order valence-electron chi connectivity index (χ2n) is 6.55. The lowest BCUT2D eigenvalue weighted by atomic mass is 10.1. The molecule has 0 saturated heterocycles. The molecule has 29 heavy (non-hydrogen) atoms. The SMILES string of the molecule is COc1cc(CN(C)C(=O)Cc2ccc(-n3cccc3)cc2)ccc1OC(F)F. The summed E-state index contributed by atoms with van der Waals surface area (Å²) in [7, 11) is 3.08. The molecule has 1 heterocycles. The lowest BCUT2D eigenvalue weighted by Crippen LogP contribution is -2.27. The second kappa shape index (κ2) is 9.23. The first-order chi connectivity index (χ1) is 14.0. The minimum atomic E-state index is -2.93. The van der Waals surface area contributed by atoms with Gasteiger partial charge in [0.2, 0.25) is 5.91 Å². The van der Waals surface area contributed by atoms with Crippen LogP contribution in [0.1, 0.15) is 11.1 Å². The third kappa shape index (κ3) is 5.34. The largest absolute Gasteiger partial charge is 0.493 e. The van der Waals surface area contributed by atoms with E-state index >= 15 is 0 Å². The van der Waals surface area contributed by atoms with E-state index in [0.717, 1.165) is 16.8 Å². The molecule has 7 heteroatoms. The van der Waals surface area contributed by atoms with Crippen LogP contribution in [0.15, 0.2) is 67.0 Å². The number of aromatic nitrogens is 1. The molecule has 1 aromatic heterocycles. The van der Waals surface area contributed by atoms with Gasteiger partial charge in [-0.05, 0) is 47.5 Å². The van der Waals surface area contributed by atoms with Gasteiger partial charge in [-0.1, -0.05) is 18.2 Å². The number of hydrogen-bond acceptors (Lipinski definition) is 3. The van der Waals surface area contributed by atoms with Gasteiger partial charge in [0.25, 0.3) is 0 Å². The molecule has 0 N–H and O–H groups in total. The molecular weight excluding hydrogens is 378 g/mol. The molecule has 5 nitrogen and oxygen atoms in total. The summed E-state index contributed by atoms with van der Waals surface area (Å²) in [4.78, 5) is 14.1. The Morgan fingerprint density at radius 1 is 1.03 bits per heavy atom. The number of nitrogens with zero attached hydrogens (tertiary/aromatic N) is 2. The van der Waals surface area contributed by atoms with Crippen molar-refractivity contribution in [1.82, 2.24) is 9.47 Å². The van der Waals surface area contributed by atoms with E-state index in [9.17, 15) is 13.6 Å². The van der Waals surface area contributed by atoms with Crippen LogP contribution in [0.3, 0.4) is 0 Å². The highest BCUT2D eigenvalue weighted by atomic mass is 19.3. The maximum atomic E-state index is 12.6. The molecule has 1 amide bonds. The lowest BCUT2D eigenvalue weighted by molar-refractivity contribution is -0.129. The van der Waals surface area contributed by atoms with Gasteiger partial charge in [-0.15, -0.1) is 0 Å². The number of halogens is 2. The number of methoxy groups -OCH3 is 1. The van der Waals surface area contributed by atoms with Gasteiger partial charge in [0.15, 0.2) is 11.5 Å². The summed E-state index contributed by atoms with van der Waals surface area (Å²) in [6.07, 6.45) is 4.19. The number of ether oxygens (including phenoxy) is 2. The number of carbonyl (C=O) groups is 1. The van der Waals surface area contributed by atoms with Crippen LogP contribution in [-0.4, -0.2) is 36.1 Å². The van der Waals surface area contributed by atoms with E-state index < -0.39 is 6.61 Å². The first-order valence-electron chi connectivity index (χ1n) is 9.04. The summed E-state index contributed by atoms with van der Waals surface area (Å²) in [5.74, 6) is 0.109. The van der Waals surface area contributed by atoms with Crippen LogP contribution < -0.4 is 9.47 Å². The summed E-state index contributed by atoms with van der Waals surface area (Å²) in [5.41, 5.74) is 2.69. The monoisotopic (exact) mass is 400 g/mol. The smallest absolute Gasteiger partial charge is 0.387 e. The predicted octanol–water partition coefficient (Wildman–Crippen LogP) is 4.29. The number of benzene rings is 2. The van der Waals surface area contributed by atoms with Crippen LogP contribution in [0.4, 0.5) is 8.78 Å². The maximum absolute atomic E-state index is 12.6. The number of rotatable bonds is 8. The lowest BCUT2D eigenvalue weighted by Gasteiger charge is -2.19. The van der Waals surface area contributed by atoms with Crippen LogP contribution in [0.25, 0.3) is 5.69 Å². The minimum absolute atomic E-state index is 0.0389. The van der Waals surface area contributed by atoms with Crippen molar-refractivity contribution in [2.75, 3.05) is 14.2 Å². The molecule has 0 aliphatic heterocycles. The highest BCUT2D eigenvalue weighted by Gasteiger charge is 2.14. The van der Waals surface area contributed by atoms with Gasteiger partial charge in [-0.25, -0.2) is 0 Å². The van der Waals surface area contributed by atoms with Crippen molar-refractivity contribution in [3.8, 4) is 17.2 Å². The fraction of sp³-hybridized carbons (Fsp3) is 0.227. The molecule has 0 aliphatic carbocycles. The maximum Gasteiger partial charge on any atom is 0.387 e. The van der Waals surface area contributed by atoms with Crippen LogP contribution in [0, 0.1) is 0 Å². The third-order valence-corrected chi connectivity index (χ3v) is 4.48. The molecule has 0 spiro atoms. The summed E-state index contributed by atoms with van der Waals surface area (Å²) >= 11 is 0. The van der Waals surface area contributed by atoms with Crippen molar-refractivity contribution in [3.05, 3.63) is 78.1 Å². The molecule has 0 atom stereocenters. The summed E-state index contributed by atoms with van der Waals surface area (Å²) in [5, 5.41) is 0. The Balaban J connectivity index is 1.61. The van der Waals surface area contributed by atoms with Gasteiger partial charge in [0.1, 0.15) is 0 Å². The van der Waals surface area contributed by atoms with Crippen molar-refractivity contribution in [2.24, 2.45) is 0 Å². The molecule has 0 radical (unpaired) electrons. The quantitative estimate of drug-likeness (QED) is 0.567. The molecule has 152 valence electrons. The van der Waals surface area contributed by atoms with Gasteiger partial charge in [0, 0.05) is 31.7 Å². The topological polar surface area (TPSA) is 43.7 Å². The van der Waals surface area contributed by atoms with Crippen molar-refractivity contribution in [1.29, 1.82) is 0 Å². The Hall–Kier alpha value is -3.35. The zero-order valence-corrected chi connectivity index (χ0v) is 16.2. The third-order valence-electron chi connectivity index (χ3n) is 4.48. The molecule has 2 aromatic carbocycles. The number of alkyl halides is 2. The molecule has 0 saturated carbocycles. The fourth-order valence-corrected chi connectivity index (χ4v) is 2.97. The van der Waals surface area contributed by atoms with E-state index in [1.807, 2.05) is 53.4 Å². The average molecular weight is 400 g/mol. The van der Waals surface area contributed by atoms with E-state index in [1.165, 1.54) is 13.2 Å². The zero-order valence-electron chi connectivity index (χ0n) is 16.2. The molecule has 0 unspecified atom stereocenters. The predicted molar refractivity (Wildman–Crippen MR) is 106 cm³/mol. The van der Waals surface area contributed by atoms with E-state index in [4.69, 9.17) is 4.74 Å². The minimum Gasteiger partial charge on any atom is -0.493 e. The first-order valence-corrected chi connectivity index (χ1v) is 9.04. The first kappa shape index (κ1) is 20.4. The fourth-order valence-electron chi connectivity index (χ4n) is 2.97. The number of likely N-dealkylation sites (N-methyl/N-ethyl adjacent to an activating group) is 1. The standard InChI is InChI=1S/C22H22F2N2O3/c1-25(15-17-7-10-19(29-22(23)24)20(13-17)28-2)21(27)14-16-5-8-18(9-6-16)26-11-3-4-12-26/h3-13,22H,14-15H2,1-2H3. The van der Waals surface area contributed by atoms with Crippen LogP contribution >= 0.6 is 0 Å². The van der Waals surface area contributed by atoms with Crippen LogP contribution in [-0.2, 0) is 17.8 Å². The number of carbonyl (C=O) groups excluding carboxylic acids is 1.